The predicted molar refractivity (Wildman–Crippen MR) is 89.2 cm³/mol. The molecule has 1 heterocycles. The van der Waals surface area contributed by atoms with Crippen molar-refractivity contribution in [3.05, 3.63) is 85.0 Å². The van der Waals surface area contributed by atoms with Gasteiger partial charge in [-0.15, -0.1) is 0 Å². The largest absolute Gasteiger partial charge is 0.361 e. The van der Waals surface area contributed by atoms with Crippen molar-refractivity contribution in [3.63, 3.8) is 0 Å². The lowest BCUT2D eigenvalue weighted by Crippen LogP contribution is -1.84. The molecule has 0 aliphatic rings. The van der Waals surface area contributed by atoms with Gasteiger partial charge in [-0.05, 0) is 22.7 Å². The number of hydrogen-bond acceptors (Lipinski definition) is 0. The standard InChI is InChI=1S/C20H15N/c1-3-7-15(8-4-1)17-11-12-18(16-9-5-2-6-10-16)20-19(17)13-14-21-20/h1-14,21H/i13D/hD. The van der Waals surface area contributed by atoms with Crippen molar-refractivity contribution >= 4 is 10.9 Å². The van der Waals surface area contributed by atoms with Crippen molar-refractivity contribution in [2.24, 2.45) is 0 Å². The van der Waals surface area contributed by atoms with Crippen LogP contribution in [0.5, 0.6) is 0 Å². The number of benzene rings is 3. The molecule has 1 aromatic heterocycles. The fourth-order valence-electron chi connectivity index (χ4n) is 2.74. The van der Waals surface area contributed by atoms with E-state index in [-0.39, 0.29) is 0 Å². The highest BCUT2D eigenvalue weighted by Crippen LogP contribution is 2.34. The number of rotatable bonds is 2. The second kappa shape index (κ2) is 4.95. The van der Waals surface area contributed by atoms with E-state index in [1.54, 1.807) is 6.20 Å². The normalized spacial score (nSPS) is 12.2. The van der Waals surface area contributed by atoms with Crippen molar-refractivity contribution in [2.45, 2.75) is 0 Å². The molecule has 0 aliphatic heterocycles. The van der Waals surface area contributed by atoms with E-state index in [1.165, 1.54) is 4.98 Å². The molecule has 0 atom stereocenters. The maximum atomic E-state index is 8.29. The summed E-state index contributed by atoms with van der Waals surface area (Å²) in [6.07, 6.45) is 1.56. The van der Waals surface area contributed by atoms with Crippen molar-refractivity contribution in [2.75, 3.05) is 0 Å². The quantitative estimate of drug-likeness (QED) is 0.495. The molecule has 0 radical (unpaired) electrons. The van der Waals surface area contributed by atoms with Gasteiger partial charge in [-0.2, -0.15) is 0 Å². The Bertz CT molecular complexity index is 893. The van der Waals surface area contributed by atoms with Crippen LogP contribution in [0.15, 0.2) is 85.0 Å². The molecular weight excluding hydrogens is 254 g/mol. The molecule has 3 aromatic carbocycles. The molecule has 21 heavy (non-hydrogen) atoms. The van der Waals surface area contributed by atoms with Crippen LogP contribution in [0, 0.1) is 0 Å². The molecule has 0 unspecified atom stereocenters. The highest BCUT2D eigenvalue weighted by atomic mass is 14.7. The molecule has 0 saturated heterocycles. The van der Waals surface area contributed by atoms with E-state index in [4.69, 9.17) is 2.78 Å². The summed E-state index contributed by atoms with van der Waals surface area (Å²) in [4.78, 5) is 1.31. The van der Waals surface area contributed by atoms with E-state index < -0.39 is 0 Å². The number of aromatic amines is 1. The molecule has 0 spiro atoms. The Morgan fingerprint density at radius 3 is 1.95 bits per heavy atom. The minimum Gasteiger partial charge on any atom is -0.361 e. The van der Waals surface area contributed by atoms with Gasteiger partial charge in [0.05, 0.1) is 6.89 Å². The average molecular weight is 271 g/mol. The van der Waals surface area contributed by atoms with E-state index in [1.807, 2.05) is 66.7 Å². The third-order valence-corrected chi connectivity index (χ3v) is 3.75. The maximum Gasteiger partial charge on any atom is 0.166 e. The lowest BCUT2D eigenvalue weighted by molar-refractivity contribution is 1.47. The maximum absolute atomic E-state index is 8.29. The predicted octanol–water partition coefficient (Wildman–Crippen LogP) is 5.50. The second-order valence-corrected chi connectivity index (χ2v) is 5.02. The van der Waals surface area contributed by atoms with Crippen LogP contribution in [0.2, 0.25) is 1.41 Å². The molecule has 0 saturated carbocycles. The summed E-state index contributed by atoms with van der Waals surface area (Å²) in [7, 11) is 0. The number of hydrogen-bond donors (Lipinski definition) is 1. The zero-order valence-corrected chi connectivity index (χ0v) is 11.5. The molecule has 4 aromatic rings. The van der Waals surface area contributed by atoms with Crippen LogP contribution in [0.25, 0.3) is 33.2 Å². The smallest absolute Gasteiger partial charge is 0.166 e. The Hall–Kier alpha value is -2.80. The van der Waals surface area contributed by atoms with Gasteiger partial charge in [-0.3, -0.25) is 0 Å². The van der Waals surface area contributed by atoms with E-state index in [0.29, 0.717) is 6.04 Å². The van der Waals surface area contributed by atoms with Crippen LogP contribution >= 0.6 is 0 Å². The third kappa shape index (κ3) is 2.03. The third-order valence-electron chi connectivity index (χ3n) is 3.75. The fourth-order valence-corrected chi connectivity index (χ4v) is 2.74. The number of aromatic nitrogens is 1. The van der Waals surface area contributed by atoms with Gasteiger partial charge >= 0.3 is 0 Å². The summed E-state index contributed by atoms with van der Waals surface area (Å²) in [5, 5.41) is 0.826. The summed E-state index contributed by atoms with van der Waals surface area (Å²) in [5.41, 5.74) is 4.88. The van der Waals surface area contributed by atoms with Gasteiger partial charge < -0.3 is 4.98 Å². The zero-order valence-electron chi connectivity index (χ0n) is 13.5. The van der Waals surface area contributed by atoms with Crippen molar-refractivity contribution in [3.8, 4) is 22.3 Å². The van der Waals surface area contributed by atoms with Crippen molar-refractivity contribution in [1.29, 1.82) is 0 Å². The monoisotopic (exact) mass is 271 g/mol. The Balaban J connectivity index is 2.07. The molecule has 0 fully saturated rings. The number of fused-ring (bicyclic) bond motifs is 1. The van der Waals surface area contributed by atoms with E-state index in [0.717, 1.165) is 33.2 Å². The first-order valence-electron chi connectivity index (χ1n) is 7.95. The highest BCUT2D eigenvalue weighted by Gasteiger charge is 2.09. The Morgan fingerprint density at radius 2 is 1.29 bits per heavy atom. The second-order valence-electron chi connectivity index (χ2n) is 5.02. The van der Waals surface area contributed by atoms with Gasteiger partial charge in [0.25, 0.3) is 0 Å². The van der Waals surface area contributed by atoms with E-state index >= 15 is 0 Å². The minimum absolute atomic E-state index is 0.381. The van der Waals surface area contributed by atoms with Gasteiger partial charge in [-0.25, -0.2) is 0 Å². The van der Waals surface area contributed by atoms with Crippen LogP contribution in [0.4, 0.5) is 0 Å². The summed E-state index contributed by atoms with van der Waals surface area (Å²) >= 11 is 0. The van der Waals surface area contributed by atoms with Crippen LogP contribution in [-0.2, 0) is 0 Å². The first-order chi connectivity index (χ1) is 11.3. The van der Waals surface area contributed by atoms with Crippen LogP contribution in [-0.4, -0.2) is 4.98 Å². The van der Waals surface area contributed by atoms with Gasteiger partial charge in [-0.1, -0.05) is 72.8 Å². The topological polar surface area (TPSA) is 15.8 Å². The first kappa shape index (κ1) is 10.0. The molecule has 100 valence electrons. The van der Waals surface area contributed by atoms with Crippen molar-refractivity contribution in [1.82, 2.24) is 4.98 Å². The van der Waals surface area contributed by atoms with E-state index in [9.17, 15) is 0 Å². The lowest BCUT2D eigenvalue weighted by Gasteiger charge is -2.08. The molecule has 0 bridgehead atoms. The number of H-pyrrole nitrogens is 1. The van der Waals surface area contributed by atoms with Gasteiger partial charge in [0.15, 0.2) is 1.41 Å². The van der Waals surface area contributed by atoms with Gasteiger partial charge in [0.2, 0.25) is 0 Å². The first-order valence-corrected chi connectivity index (χ1v) is 7.00. The van der Waals surface area contributed by atoms with E-state index in [2.05, 4.69) is 6.07 Å². The molecule has 1 nitrogen and oxygen atoms in total. The zero-order chi connectivity index (χ0) is 15.8. The minimum atomic E-state index is 0.381. The van der Waals surface area contributed by atoms with Crippen LogP contribution < -0.4 is 0 Å². The lowest BCUT2D eigenvalue weighted by atomic mass is 9.96. The molecule has 1 heteroatoms. The van der Waals surface area contributed by atoms with Gasteiger partial charge in [0.1, 0.15) is 0 Å². The SMILES string of the molecule is [2H]c1cn([2H])c2c(-c3ccccc3)ccc(-c3ccccc3)c12. The summed E-state index contributed by atoms with van der Waals surface area (Å²) in [6, 6.07) is 24.6. The Morgan fingerprint density at radius 1 is 0.714 bits per heavy atom. The average Bonchev–Trinajstić information content (AvgIpc) is 2.91. The van der Waals surface area contributed by atoms with Crippen LogP contribution in [0.1, 0.15) is 1.37 Å². The van der Waals surface area contributed by atoms with Gasteiger partial charge in [0, 0.05) is 17.1 Å². The molecule has 0 aliphatic carbocycles. The highest BCUT2D eigenvalue weighted by molar-refractivity contribution is 6.03. The molecular formula is C20H15N. The Labute approximate surface area is 126 Å². The Kier molecular flexibility index (Phi) is 2.36. The fraction of sp³-hybridized carbons (Fsp3) is 0. The van der Waals surface area contributed by atoms with Crippen molar-refractivity contribution < 1.29 is 2.78 Å². The molecule has 0 amide bonds. The molecule has 4 rings (SSSR count). The summed E-state index contributed by atoms with van der Waals surface area (Å²) < 4.78 is 16.5. The summed E-state index contributed by atoms with van der Waals surface area (Å²) in [6.45, 7) is 0. The van der Waals surface area contributed by atoms with Crippen LogP contribution in [0.3, 0.4) is 0 Å². The number of nitrogens with one attached hydrogen (secondary N) is 1. The molecule has 1 N–H and O–H groups in total. The summed E-state index contributed by atoms with van der Waals surface area (Å²) in [5.74, 6) is 0.